The zero-order chi connectivity index (χ0) is 22.5. The monoisotopic (exact) mass is 570 g/mol. The molecule has 0 aromatic rings. The van der Waals surface area contributed by atoms with Gasteiger partial charge in [-0.05, 0) is 0 Å². The SMILES string of the molecule is CCCCC1C=C(C(C)(C)C)C2=[C]1[Zr+2][C]1=C(C(C(C)(C)C)=CC1CCCC)[Si]2(C)C.[Cl-].[Cl-]. The van der Waals surface area contributed by atoms with E-state index < -0.39 is 31.3 Å². The third-order valence-electron chi connectivity index (χ3n) is 7.43. The predicted molar refractivity (Wildman–Crippen MR) is 133 cm³/mol. The van der Waals surface area contributed by atoms with E-state index in [2.05, 4.69) is 80.6 Å². The summed E-state index contributed by atoms with van der Waals surface area (Å²) in [6.45, 7) is 24.9. The fraction of sp³-hybridized carbons (Fsp3) is 0.714. The van der Waals surface area contributed by atoms with Crippen molar-refractivity contribution in [2.24, 2.45) is 22.7 Å². The van der Waals surface area contributed by atoms with Gasteiger partial charge in [0, 0.05) is 0 Å². The summed E-state index contributed by atoms with van der Waals surface area (Å²) in [5.74, 6) is 1.54. The maximum Gasteiger partial charge on any atom is -1.00 e. The molecule has 4 heteroatoms. The zero-order valence-electron chi connectivity index (χ0n) is 22.3. The fourth-order valence-electron chi connectivity index (χ4n) is 5.88. The van der Waals surface area contributed by atoms with E-state index in [1.54, 1.807) is 11.1 Å². The molecule has 2 atom stereocenters. The molecule has 0 N–H and O–H groups in total. The molecule has 0 radical (unpaired) electrons. The van der Waals surface area contributed by atoms with Crippen LogP contribution in [0.1, 0.15) is 93.9 Å². The molecule has 0 bridgehead atoms. The summed E-state index contributed by atoms with van der Waals surface area (Å²) in [5, 5.41) is 3.85. The standard InChI is InChI=1S/C28H46Si.2ClH.Zr/c1-11-13-15-21-17-23(27(3,4)5)25(19-21)29(9,10)26-20-22(16-14-12-2)18-24(26)28(6,7)8;;;/h17-18,21-22H,11-16H2,1-10H3;2*1H;/q;;;+2/p-2. The van der Waals surface area contributed by atoms with Gasteiger partial charge in [-0.2, -0.15) is 0 Å². The summed E-state index contributed by atoms with van der Waals surface area (Å²) in [5.41, 5.74) is 4.03. The van der Waals surface area contributed by atoms with Crippen LogP contribution in [0.5, 0.6) is 0 Å². The van der Waals surface area contributed by atoms with E-state index in [9.17, 15) is 0 Å². The Morgan fingerprint density at radius 3 is 1.34 bits per heavy atom. The zero-order valence-corrected chi connectivity index (χ0v) is 27.3. The van der Waals surface area contributed by atoms with E-state index >= 15 is 0 Å². The van der Waals surface area contributed by atoms with E-state index in [1.807, 2.05) is 17.0 Å². The maximum absolute atomic E-state index is 2.76. The van der Waals surface area contributed by atoms with Crippen molar-refractivity contribution in [2.45, 2.75) is 107 Å². The number of halogens is 2. The molecule has 0 amide bonds. The number of hydrogen-bond acceptors (Lipinski definition) is 0. The van der Waals surface area contributed by atoms with Gasteiger partial charge in [0.2, 0.25) is 0 Å². The van der Waals surface area contributed by atoms with Crippen LogP contribution in [0.25, 0.3) is 0 Å². The molecule has 180 valence electrons. The van der Waals surface area contributed by atoms with Gasteiger partial charge in [-0.25, -0.2) is 0 Å². The first-order chi connectivity index (χ1) is 13.8. The molecule has 1 heterocycles. The van der Waals surface area contributed by atoms with Gasteiger partial charge < -0.3 is 24.8 Å². The Labute approximate surface area is 224 Å². The largest absolute Gasteiger partial charge is 1.00 e. The molecule has 0 fully saturated rings. The van der Waals surface area contributed by atoms with Crippen LogP contribution in [-0.4, -0.2) is 8.07 Å². The normalized spacial score (nSPS) is 23.9. The van der Waals surface area contributed by atoms with Crippen LogP contribution >= 0.6 is 0 Å². The molecule has 0 saturated carbocycles. The van der Waals surface area contributed by atoms with Crippen LogP contribution in [-0.2, 0) is 23.2 Å². The molecule has 0 aromatic heterocycles. The number of rotatable bonds is 6. The molecule has 2 aliphatic carbocycles. The third-order valence-corrected chi connectivity index (χ3v) is 16.6. The van der Waals surface area contributed by atoms with Crippen molar-refractivity contribution < 1.29 is 48.0 Å². The predicted octanol–water partition coefficient (Wildman–Crippen LogP) is 2.97. The van der Waals surface area contributed by atoms with Gasteiger partial charge in [0.25, 0.3) is 0 Å². The summed E-state index contributed by atoms with van der Waals surface area (Å²) in [4.78, 5) is 0. The number of hydrogen-bond donors (Lipinski definition) is 0. The Balaban J connectivity index is 0.00000256. The number of unbranched alkanes of at least 4 members (excludes halogenated alkanes) is 2. The van der Waals surface area contributed by atoms with Crippen molar-refractivity contribution in [1.29, 1.82) is 0 Å². The van der Waals surface area contributed by atoms with E-state index in [4.69, 9.17) is 0 Å². The molecule has 32 heavy (non-hydrogen) atoms. The van der Waals surface area contributed by atoms with Crippen LogP contribution in [0.4, 0.5) is 0 Å². The van der Waals surface area contributed by atoms with Crippen molar-refractivity contribution in [2.75, 3.05) is 0 Å². The summed E-state index contributed by atoms with van der Waals surface area (Å²) >= 11 is -0.702. The quantitative estimate of drug-likeness (QED) is 0.430. The van der Waals surface area contributed by atoms with Crippen molar-refractivity contribution >= 4 is 8.07 Å². The minimum atomic E-state index is -1.69. The maximum atomic E-state index is 2.76. The molecule has 3 aliphatic rings. The van der Waals surface area contributed by atoms with E-state index in [0.29, 0.717) is 0 Å². The van der Waals surface area contributed by atoms with Crippen LogP contribution in [0.3, 0.4) is 0 Å². The Hall–Kier alpha value is 0.640. The van der Waals surface area contributed by atoms with Crippen LogP contribution in [0.2, 0.25) is 13.1 Å². The van der Waals surface area contributed by atoms with E-state index in [-0.39, 0.29) is 35.6 Å². The van der Waals surface area contributed by atoms with Crippen LogP contribution in [0, 0.1) is 22.7 Å². The Bertz CT molecular complexity index is 749. The van der Waals surface area contributed by atoms with Crippen molar-refractivity contribution in [3.8, 4) is 0 Å². The van der Waals surface area contributed by atoms with E-state index in [1.165, 1.54) is 38.5 Å². The van der Waals surface area contributed by atoms with Gasteiger partial charge in [-0.3, -0.25) is 0 Å². The minimum absolute atomic E-state index is 0. The topological polar surface area (TPSA) is 0 Å². The number of allylic oxidation sites excluding steroid dienone is 8. The third kappa shape index (κ3) is 5.71. The van der Waals surface area contributed by atoms with E-state index in [0.717, 1.165) is 11.8 Å². The van der Waals surface area contributed by atoms with Crippen molar-refractivity contribution in [1.82, 2.24) is 0 Å². The smallest absolute Gasteiger partial charge is 1.00 e. The van der Waals surface area contributed by atoms with Gasteiger partial charge in [-0.15, -0.1) is 0 Å². The minimum Gasteiger partial charge on any atom is -1.00 e. The second-order valence-corrected chi connectivity index (χ2v) is 20.0. The molecular formula is C28H46Cl2SiZr. The Kier molecular flexibility index (Phi) is 10.7. The Morgan fingerprint density at radius 2 is 1.06 bits per heavy atom. The molecule has 0 spiro atoms. The summed E-state index contributed by atoms with van der Waals surface area (Å²) in [6.07, 6.45) is 13.7. The molecule has 0 aromatic carbocycles. The first-order valence-corrected chi connectivity index (χ1v) is 18.0. The Morgan fingerprint density at radius 1 is 0.719 bits per heavy atom. The summed E-state index contributed by atoms with van der Waals surface area (Å²) in [6, 6.07) is 0. The molecule has 1 aliphatic heterocycles. The van der Waals surface area contributed by atoms with Gasteiger partial charge >= 0.3 is 201 Å². The summed E-state index contributed by atoms with van der Waals surface area (Å²) < 4.78 is 4.02. The van der Waals surface area contributed by atoms with Gasteiger partial charge in [0.1, 0.15) is 0 Å². The molecule has 2 unspecified atom stereocenters. The average molecular weight is 573 g/mol. The van der Waals surface area contributed by atoms with Gasteiger partial charge in [-0.1, -0.05) is 0 Å². The fourth-order valence-corrected chi connectivity index (χ4v) is 19.5. The van der Waals surface area contributed by atoms with Gasteiger partial charge in [0.05, 0.1) is 0 Å². The average Bonchev–Trinajstić information content (AvgIpc) is 3.18. The molecule has 0 saturated heterocycles. The second kappa shape index (κ2) is 11.1. The van der Waals surface area contributed by atoms with Crippen LogP contribution < -0.4 is 24.8 Å². The first-order valence-electron chi connectivity index (χ1n) is 12.6. The molecular weight excluding hydrogens is 527 g/mol. The van der Waals surface area contributed by atoms with Gasteiger partial charge in [0.15, 0.2) is 0 Å². The molecule has 3 rings (SSSR count). The molecule has 0 nitrogen and oxygen atoms in total. The summed E-state index contributed by atoms with van der Waals surface area (Å²) in [7, 11) is -1.69. The second-order valence-electron chi connectivity index (χ2n) is 12.5. The van der Waals surface area contributed by atoms with Crippen LogP contribution in [0.15, 0.2) is 40.3 Å². The first kappa shape index (κ1) is 30.7. The van der Waals surface area contributed by atoms with Crippen molar-refractivity contribution in [3.05, 3.63) is 40.3 Å². The van der Waals surface area contributed by atoms with Crippen molar-refractivity contribution in [3.63, 3.8) is 0 Å².